The number of ether oxygens (including phenoxy) is 1. The molecular formula is C16H16N2O. The molecule has 0 unspecified atom stereocenters. The zero-order chi connectivity index (χ0) is 14.0. The molecule has 2 rings (SSSR count). The second-order valence-corrected chi connectivity index (χ2v) is 4.62. The van der Waals surface area contributed by atoms with E-state index in [1.165, 1.54) is 5.56 Å². The summed E-state index contributed by atoms with van der Waals surface area (Å²) in [5.74, 6) is 1.50. The van der Waals surface area contributed by atoms with Gasteiger partial charge in [0.1, 0.15) is 17.6 Å². The molecule has 2 aromatic rings. The smallest absolute Gasteiger partial charge is 0.133 e. The fraction of sp³-hybridized carbons (Fsp3) is 0.188. The molecule has 0 fully saturated rings. The number of nitrogen functional groups attached to an aromatic ring is 1. The number of rotatable bonds is 2. The van der Waals surface area contributed by atoms with Crippen LogP contribution < -0.4 is 10.5 Å². The maximum atomic E-state index is 8.85. The van der Waals surface area contributed by atoms with Gasteiger partial charge in [0, 0.05) is 6.07 Å². The van der Waals surface area contributed by atoms with E-state index in [0.717, 1.165) is 16.9 Å². The Morgan fingerprint density at radius 2 is 1.74 bits per heavy atom. The van der Waals surface area contributed by atoms with Crippen molar-refractivity contribution < 1.29 is 4.74 Å². The highest BCUT2D eigenvalue weighted by molar-refractivity contribution is 5.58. The SMILES string of the molecule is Cc1ccc(C)c(Oc2ccc(C#N)c(N)c2)c1C. The first-order valence-electron chi connectivity index (χ1n) is 6.07. The predicted molar refractivity (Wildman–Crippen MR) is 76.3 cm³/mol. The van der Waals surface area contributed by atoms with Gasteiger partial charge in [-0.15, -0.1) is 0 Å². The van der Waals surface area contributed by atoms with Crippen LogP contribution in [-0.4, -0.2) is 0 Å². The Bertz CT molecular complexity index is 669. The average Bonchev–Trinajstić information content (AvgIpc) is 2.39. The topological polar surface area (TPSA) is 59.0 Å². The Balaban J connectivity index is 2.40. The molecule has 0 heterocycles. The van der Waals surface area contributed by atoms with Crippen molar-refractivity contribution in [1.82, 2.24) is 0 Å². The van der Waals surface area contributed by atoms with Gasteiger partial charge in [0.05, 0.1) is 11.3 Å². The first-order valence-corrected chi connectivity index (χ1v) is 6.07. The van der Waals surface area contributed by atoms with Crippen LogP contribution in [0.15, 0.2) is 30.3 Å². The normalized spacial score (nSPS) is 10.0. The van der Waals surface area contributed by atoms with Crippen molar-refractivity contribution in [3.63, 3.8) is 0 Å². The molecule has 0 saturated carbocycles. The van der Waals surface area contributed by atoms with E-state index in [4.69, 9.17) is 15.7 Å². The number of nitrogens with zero attached hydrogens (tertiary/aromatic N) is 1. The largest absolute Gasteiger partial charge is 0.457 e. The van der Waals surface area contributed by atoms with Crippen molar-refractivity contribution >= 4 is 5.69 Å². The van der Waals surface area contributed by atoms with Crippen molar-refractivity contribution in [3.8, 4) is 17.6 Å². The molecule has 19 heavy (non-hydrogen) atoms. The van der Waals surface area contributed by atoms with E-state index < -0.39 is 0 Å². The van der Waals surface area contributed by atoms with Gasteiger partial charge in [-0.3, -0.25) is 0 Å². The lowest BCUT2D eigenvalue weighted by molar-refractivity contribution is 0.475. The van der Waals surface area contributed by atoms with E-state index in [1.807, 2.05) is 26.0 Å². The highest BCUT2D eigenvalue weighted by Gasteiger charge is 2.08. The minimum absolute atomic E-state index is 0.433. The van der Waals surface area contributed by atoms with Crippen LogP contribution in [0.3, 0.4) is 0 Å². The average molecular weight is 252 g/mol. The Hall–Kier alpha value is -2.47. The van der Waals surface area contributed by atoms with Gasteiger partial charge in [-0.25, -0.2) is 0 Å². The van der Waals surface area contributed by atoms with E-state index in [2.05, 4.69) is 13.0 Å². The molecule has 2 N–H and O–H groups in total. The van der Waals surface area contributed by atoms with E-state index in [0.29, 0.717) is 17.0 Å². The van der Waals surface area contributed by atoms with Crippen molar-refractivity contribution in [3.05, 3.63) is 52.6 Å². The lowest BCUT2D eigenvalue weighted by Crippen LogP contribution is -1.95. The standard InChI is InChI=1S/C16H16N2O/c1-10-4-5-11(2)16(12(10)3)19-14-7-6-13(9-17)15(18)8-14/h4-8H,18H2,1-3H3. The third-order valence-corrected chi connectivity index (χ3v) is 3.24. The van der Waals surface area contributed by atoms with Gasteiger partial charge in [0.15, 0.2) is 0 Å². The van der Waals surface area contributed by atoms with Gasteiger partial charge in [0.25, 0.3) is 0 Å². The molecule has 2 aromatic carbocycles. The molecule has 0 aromatic heterocycles. The summed E-state index contributed by atoms with van der Waals surface area (Å²) in [6.07, 6.45) is 0. The Kier molecular flexibility index (Phi) is 3.43. The van der Waals surface area contributed by atoms with E-state index in [-0.39, 0.29) is 0 Å². The van der Waals surface area contributed by atoms with Crippen molar-refractivity contribution in [1.29, 1.82) is 5.26 Å². The fourth-order valence-corrected chi connectivity index (χ4v) is 1.91. The predicted octanol–water partition coefficient (Wildman–Crippen LogP) is 3.86. The van der Waals surface area contributed by atoms with Crippen LogP contribution in [-0.2, 0) is 0 Å². The summed E-state index contributed by atoms with van der Waals surface area (Å²) in [7, 11) is 0. The molecule has 0 aliphatic heterocycles. The van der Waals surface area contributed by atoms with Crippen LogP contribution in [0.2, 0.25) is 0 Å². The summed E-state index contributed by atoms with van der Waals surface area (Å²) in [5, 5.41) is 8.85. The molecule has 3 nitrogen and oxygen atoms in total. The highest BCUT2D eigenvalue weighted by Crippen LogP contribution is 2.31. The first kappa shape index (κ1) is 13.0. The summed E-state index contributed by atoms with van der Waals surface area (Å²) in [6, 6.07) is 11.3. The number of nitriles is 1. The molecule has 0 saturated heterocycles. The number of hydrogen-bond acceptors (Lipinski definition) is 3. The molecule has 0 atom stereocenters. The molecule has 0 radical (unpaired) electrons. The van der Waals surface area contributed by atoms with Gasteiger partial charge in [-0.1, -0.05) is 12.1 Å². The molecular weight excluding hydrogens is 236 g/mol. The minimum atomic E-state index is 0.433. The van der Waals surface area contributed by atoms with Gasteiger partial charge in [-0.2, -0.15) is 5.26 Å². The van der Waals surface area contributed by atoms with Crippen LogP contribution in [0.4, 0.5) is 5.69 Å². The molecule has 96 valence electrons. The second kappa shape index (κ2) is 5.03. The lowest BCUT2D eigenvalue weighted by Gasteiger charge is -2.14. The summed E-state index contributed by atoms with van der Waals surface area (Å²) in [5.41, 5.74) is 10.1. The minimum Gasteiger partial charge on any atom is -0.457 e. The van der Waals surface area contributed by atoms with Gasteiger partial charge in [-0.05, 0) is 49.6 Å². The third kappa shape index (κ3) is 2.53. The van der Waals surface area contributed by atoms with Crippen LogP contribution in [0.25, 0.3) is 0 Å². The zero-order valence-corrected chi connectivity index (χ0v) is 11.3. The number of benzene rings is 2. The summed E-state index contributed by atoms with van der Waals surface area (Å²) >= 11 is 0. The van der Waals surface area contributed by atoms with Gasteiger partial charge < -0.3 is 10.5 Å². The fourth-order valence-electron chi connectivity index (χ4n) is 1.91. The highest BCUT2D eigenvalue weighted by atomic mass is 16.5. The number of anilines is 1. The van der Waals surface area contributed by atoms with Gasteiger partial charge in [0.2, 0.25) is 0 Å². The van der Waals surface area contributed by atoms with Crippen LogP contribution >= 0.6 is 0 Å². The Labute approximate surface area is 113 Å². The Morgan fingerprint density at radius 1 is 1.05 bits per heavy atom. The number of nitrogens with two attached hydrogens (primary N) is 1. The molecule has 0 bridgehead atoms. The second-order valence-electron chi connectivity index (χ2n) is 4.62. The maximum Gasteiger partial charge on any atom is 0.133 e. The summed E-state index contributed by atoms with van der Waals surface area (Å²) < 4.78 is 5.91. The molecule has 0 amide bonds. The zero-order valence-electron chi connectivity index (χ0n) is 11.3. The Morgan fingerprint density at radius 3 is 2.37 bits per heavy atom. The van der Waals surface area contributed by atoms with Crippen LogP contribution in [0, 0.1) is 32.1 Å². The lowest BCUT2D eigenvalue weighted by atomic mass is 10.1. The van der Waals surface area contributed by atoms with E-state index >= 15 is 0 Å². The van der Waals surface area contributed by atoms with E-state index in [1.54, 1.807) is 18.2 Å². The quantitative estimate of drug-likeness (QED) is 0.826. The molecule has 0 aliphatic carbocycles. The summed E-state index contributed by atoms with van der Waals surface area (Å²) in [4.78, 5) is 0. The van der Waals surface area contributed by atoms with E-state index in [9.17, 15) is 0 Å². The maximum absolute atomic E-state index is 8.85. The van der Waals surface area contributed by atoms with Crippen molar-refractivity contribution in [2.24, 2.45) is 0 Å². The summed E-state index contributed by atoms with van der Waals surface area (Å²) in [6.45, 7) is 6.09. The first-order chi connectivity index (χ1) is 9.02. The molecule has 0 aliphatic rings. The monoisotopic (exact) mass is 252 g/mol. The number of aryl methyl sites for hydroxylation is 2. The van der Waals surface area contributed by atoms with Crippen LogP contribution in [0.5, 0.6) is 11.5 Å². The molecule has 3 heteroatoms. The van der Waals surface area contributed by atoms with Crippen LogP contribution in [0.1, 0.15) is 22.3 Å². The third-order valence-electron chi connectivity index (χ3n) is 3.24. The molecule has 0 spiro atoms. The number of hydrogen-bond donors (Lipinski definition) is 1. The van der Waals surface area contributed by atoms with Crippen molar-refractivity contribution in [2.45, 2.75) is 20.8 Å². The van der Waals surface area contributed by atoms with Gasteiger partial charge >= 0.3 is 0 Å². The van der Waals surface area contributed by atoms with Crippen molar-refractivity contribution in [2.75, 3.05) is 5.73 Å².